The molecule has 1 N–H and O–H groups in total. The molecule has 0 unspecified atom stereocenters. The molecule has 0 aliphatic carbocycles. The monoisotopic (exact) mass is 291 g/mol. The Morgan fingerprint density at radius 1 is 1.40 bits per heavy atom. The smallest absolute Gasteiger partial charge is 0.394 e. The maximum Gasteiger partial charge on any atom is 0.419 e. The molecule has 1 saturated heterocycles. The van der Waals surface area contributed by atoms with Crippen LogP contribution in [0.25, 0.3) is 0 Å². The van der Waals surface area contributed by atoms with Crippen molar-refractivity contribution in [2.45, 2.75) is 25.1 Å². The number of nitrogens with zero attached hydrogens (tertiary/aromatic N) is 1. The van der Waals surface area contributed by atoms with E-state index in [1.807, 2.05) is 0 Å². The number of carbonyl (C=O) groups excluding carboxylic acids is 1. The van der Waals surface area contributed by atoms with Crippen molar-refractivity contribution in [1.82, 2.24) is 4.90 Å². The van der Waals surface area contributed by atoms with Crippen molar-refractivity contribution in [1.29, 1.82) is 0 Å². The van der Waals surface area contributed by atoms with Gasteiger partial charge in [-0.2, -0.15) is 13.2 Å². The molecule has 1 atom stereocenters. The standard InChI is InChI=1S/C13H13F4NO2/c14-11-9(4-1-5-10(11)13(15,16)17)12(20)18-6-2-3-8(18)7-19/h1,4-5,8,19H,2-3,6-7H2/t8-/m1/s1. The Morgan fingerprint density at radius 2 is 2.10 bits per heavy atom. The second-order valence-electron chi connectivity index (χ2n) is 4.64. The van der Waals surface area contributed by atoms with E-state index in [-0.39, 0.29) is 6.61 Å². The number of hydrogen-bond acceptors (Lipinski definition) is 2. The molecule has 20 heavy (non-hydrogen) atoms. The lowest BCUT2D eigenvalue weighted by atomic mass is 10.1. The summed E-state index contributed by atoms with van der Waals surface area (Å²) in [5.74, 6) is -2.38. The molecule has 1 aromatic carbocycles. The van der Waals surface area contributed by atoms with Crippen LogP contribution >= 0.6 is 0 Å². The van der Waals surface area contributed by atoms with E-state index >= 15 is 0 Å². The Hall–Kier alpha value is -1.63. The summed E-state index contributed by atoms with van der Waals surface area (Å²) in [4.78, 5) is 13.3. The largest absolute Gasteiger partial charge is 0.419 e. The maximum absolute atomic E-state index is 13.9. The molecular formula is C13H13F4NO2. The summed E-state index contributed by atoms with van der Waals surface area (Å²) in [6, 6.07) is 2.17. The first kappa shape index (κ1) is 14.8. The van der Waals surface area contributed by atoms with Gasteiger partial charge in [0.1, 0.15) is 5.82 Å². The highest BCUT2D eigenvalue weighted by Gasteiger charge is 2.37. The minimum atomic E-state index is -4.85. The van der Waals surface area contributed by atoms with Gasteiger partial charge >= 0.3 is 6.18 Å². The minimum Gasteiger partial charge on any atom is -0.394 e. The molecule has 1 aromatic rings. The Kier molecular flexibility index (Phi) is 3.99. The molecule has 7 heteroatoms. The number of likely N-dealkylation sites (tertiary alicyclic amines) is 1. The average Bonchev–Trinajstić information content (AvgIpc) is 2.85. The summed E-state index contributed by atoms with van der Waals surface area (Å²) in [6.45, 7) is 0.0199. The molecule has 1 amide bonds. The fraction of sp³-hybridized carbons (Fsp3) is 0.462. The van der Waals surface area contributed by atoms with Crippen molar-refractivity contribution in [3.8, 4) is 0 Å². The highest BCUT2D eigenvalue weighted by atomic mass is 19.4. The normalized spacial score (nSPS) is 19.4. The van der Waals surface area contributed by atoms with E-state index in [1.165, 1.54) is 4.90 Å². The lowest BCUT2D eigenvalue weighted by molar-refractivity contribution is -0.140. The summed E-state index contributed by atoms with van der Waals surface area (Å²) in [7, 11) is 0. The van der Waals surface area contributed by atoms with Crippen LogP contribution in [0.2, 0.25) is 0 Å². The van der Waals surface area contributed by atoms with Gasteiger partial charge in [-0.1, -0.05) is 6.07 Å². The Balaban J connectivity index is 2.36. The summed E-state index contributed by atoms with van der Waals surface area (Å²) in [5, 5.41) is 9.12. The predicted octanol–water partition coefficient (Wildman–Crippen LogP) is 2.44. The summed E-state index contributed by atoms with van der Waals surface area (Å²) in [5.41, 5.74) is -2.07. The molecule has 0 saturated carbocycles. The van der Waals surface area contributed by atoms with Gasteiger partial charge in [0.2, 0.25) is 0 Å². The fourth-order valence-electron chi connectivity index (χ4n) is 2.36. The van der Waals surface area contributed by atoms with Crippen LogP contribution in [0.4, 0.5) is 17.6 Å². The molecule has 0 spiro atoms. The Bertz CT molecular complexity index is 516. The molecule has 0 radical (unpaired) electrons. The van der Waals surface area contributed by atoms with Crippen LogP contribution in [-0.4, -0.2) is 35.1 Å². The lowest BCUT2D eigenvalue weighted by Gasteiger charge is -2.23. The highest BCUT2D eigenvalue weighted by Crippen LogP contribution is 2.33. The number of aliphatic hydroxyl groups excluding tert-OH is 1. The molecule has 3 nitrogen and oxygen atoms in total. The van der Waals surface area contributed by atoms with E-state index in [1.54, 1.807) is 0 Å². The third kappa shape index (κ3) is 2.63. The van der Waals surface area contributed by atoms with Crippen LogP contribution < -0.4 is 0 Å². The third-order valence-corrected chi connectivity index (χ3v) is 3.38. The first-order valence-corrected chi connectivity index (χ1v) is 6.13. The van der Waals surface area contributed by atoms with Gasteiger partial charge in [0.15, 0.2) is 0 Å². The second kappa shape index (κ2) is 5.40. The first-order chi connectivity index (χ1) is 9.36. The van der Waals surface area contributed by atoms with Crippen molar-refractivity contribution >= 4 is 5.91 Å². The Morgan fingerprint density at radius 3 is 2.70 bits per heavy atom. The van der Waals surface area contributed by atoms with Gasteiger partial charge in [-0.3, -0.25) is 4.79 Å². The van der Waals surface area contributed by atoms with Crippen molar-refractivity contribution in [3.63, 3.8) is 0 Å². The number of hydrogen-bond donors (Lipinski definition) is 1. The van der Waals surface area contributed by atoms with E-state index in [2.05, 4.69) is 0 Å². The third-order valence-electron chi connectivity index (χ3n) is 3.38. The molecular weight excluding hydrogens is 278 g/mol. The highest BCUT2D eigenvalue weighted by molar-refractivity contribution is 5.95. The molecule has 2 rings (SSSR count). The van der Waals surface area contributed by atoms with Crippen LogP contribution in [0.15, 0.2) is 18.2 Å². The maximum atomic E-state index is 13.9. The zero-order valence-electron chi connectivity index (χ0n) is 10.5. The van der Waals surface area contributed by atoms with Gasteiger partial charge in [0.25, 0.3) is 5.91 Å². The van der Waals surface area contributed by atoms with Gasteiger partial charge in [-0.25, -0.2) is 4.39 Å². The molecule has 0 bridgehead atoms. The lowest BCUT2D eigenvalue weighted by Crippen LogP contribution is -2.38. The van der Waals surface area contributed by atoms with Crippen LogP contribution in [0.1, 0.15) is 28.8 Å². The zero-order valence-corrected chi connectivity index (χ0v) is 10.5. The van der Waals surface area contributed by atoms with Crippen molar-refractivity contribution < 1.29 is 27.5 Å². The van der Waals surface area contributed by atoms with Crippen molar-refractivity contribution in [2.75, 3.05) is 13.2 Å². The van der Waals surface area contributed by atoms with Gasteiger partial charge < -0.3 is 10.0 Å². The minimum absolute atomic E-state index is 0.285. The van der Waals surface area contributed by atoms with Gasteiger partial charge in [-0.05, 0) is 25.0 Å². The number of amides is 1. The number of alkyl halides is 3. The number of rotatable bonds is 2. The van der Waals surface area contributed by atoms with E-state index < -0.39 is 35.1 Å². The van der Waals surface area contributed by atoms with Crippen LogP contribution in [0, 0.1) is 5.82 Å². The molecule has 1 fully saturated rings. The SMILES string of the molecule is O=C(c1cccc(C(F)(F)F)c1F)N1CCC[C@@H]1CO. The molecule has 1 aliphatic heterocycles. The van der Waals surface area contributed by atoms with Crippen LogP contribution in [0.5, 0.6) is 0 Å². The molecule has 1 heterocycles. The quantitative estimate of drug-likeness (QED) is 0.850. The summed E-state index contributed by atoms with van der Waals surface area (Å²) in [6.07, 6.45) is -3.65. The molecule has 0 aromatic heterocycles. The Labute approximate surface area is 112 Å². The zero-order chi connectivity index (χ0) is 14.9. The number of carbonyl (C=O) groups is 1. The predicted molar refractivity (Wildman–Crippen MR) is 62.5 cm³/mol. The fourth-order valence-corrected chi connectivity index (χ4v) is 2.36. The van der Waals surface area contributed by atoms with E-state index in [9.17, 15) is 22.4 Å². The number of halogens is 4. The number of benzene rings is 1. The average molecular weight is 291 g/mol. The van der Waals surface area contributed by atoms with Gasteiger partial charge in [0.05, 0.1) is 23.8 Å². The van der Waals surface area contributed by atoms with Crippen molar-refractivity contribution in [3.05, 3.63) is 35.1 Å². The van der Waals surface area contributed by atoms with Crippen molar-refractivity contribution in [2.24, 2.45) is 0 Å². The molecule has 110 valence electrons. The molecule has 1 aliphatic rings. The van der Waals surface area contributed by atoms with Gasteiger partial charge in [0, 0.05) is 6.54 Å². The van der Waals surface area contributed by atoms with Crippen LogP contribution in [0.3, 0.4) is 0 Å². The van der Waals surface area contributed by atoms with E-state index in [0.717, 1.165) is 12.1 Å². The van der Waals surface area contributed by atoms with E-state index in [4.69, 9.17) is 5.11 Å². The summed E-state index contributed by atoms with van der Waals surface area (Å²) < 4.78 is 51.7. The topological polar surface area (TPSA) is 40.5 Å². The summed E-state index contributed by atoms with van der Waals surface area (Å²) >= 11 is 0. The first-order valence-electron chi connectivity index (χ1n) is 6.13. The van der Waals surface area contributed by atoms with Gasteiger partial charge in [-0.15, -0.1) is 0 Å². The number of aliphatic hydroxyl groups is 1. The second-order valence-corrected chi connectivity index (χ2v) is 4.64. The van der Waals surface area contributed by atoms with E-state index in [0.29, 0.717) is 25.5 Å². The van der Waals surface area contributed by atoms with Crippen LogP contribution in [-0.2, 0) is 6.18 Å².